The quantitative estimate of drug-likeness (QED) is 0.538. The molecule has 1 atom stereocenters. The molecular weight excluding hydrogens is 140 g/mol. The van der Waals surface area contributed by atoms with Crippen molar-refractivity contribution in [2.45, 2.75) is 46.5 Å². The minimum absolute atomic E-state index is 0.0440. The molecule has 0 radical (unpaired) electrons. The van der Waals surface area contributed by atoms with Gasteiger partial charge in [0.15, 0.2) is 6.29 Å². The van der Waals surface area contributed by atoms with Crippen LogP contribution in [0.15, 0.2) is 0 Å². The Morgan fingerprint density at radius 1 is 1.27 bits per heavy atom. The highest BCUT2D eigenvalue weighted by molar-refractivity contribution is 4.79. The third kappa shape index (κ3) is 2.17. The molecule has 1 aliphatic rings. The van der Waals surface area contributed by atoms with Crippen molar-refractivity contribution in [3.05, 3.63) is 0 Å². The average Bonchev–Trinajstić information content (AvgIpc) is 2.07. The normalized spacial score (nSPS) is 30.8. The Morgan fingerprint density at radius 2 is 1.82 bits per heavy atom. The molecule has 1 saturated heterocycles. The van der Waals surface area contributed by atoms with Crippen LogP contribution in [0.4, 0.5) is 0 Å². The van der Waals surface area contributed by atoms with Crippen LogP contribution >= 0.6 is 0 Å². The van der Waals surface area contributed by atoms with E-state index in [0.29, 0.717) is 6.61 Å². The van der Waals surface area contributed by atoms with E-state index >= 15 is 0 Å². The van der Waals surface area contributed by atoms with Crippen LogP contribution in [0.5, 0.6) is 0 Å². The van der Waals surface area contributed by atoms with Gasteiger partial charge in [-0.25, -0.2) is 0 Å². The molecule has 2 nitrogen and oxygen atoms in total. The van der Waals surface area contributed by atoms with Gasteiger partial charge in [0.2, 0.25) is 0 Å². The van der Waals surface area contributed by atoms with Crippen molar-refractivity contribution in [3.63, 3.8) is 0 Å². The smallest absolute Gasteiger partial charge is 0.163 e. The summed E-state index contributed by atoms with van der Waals surface area (Å²) in [6.07, 6.45) is -0.0440. The van der Waals surface area contributed by atoms with Crippen molar-refractivity contribution >= 4 is 0 Å². The zero-order valence-electron chi connectivity index (χ0n) is 8.10. The zero-order chi connectivity index (χ0) is 8.70. The number of ether oxygens (including phenoxy) is 2. The van der Waals surface area contributed by atoms with Crippen LogP contribution in [-0.2, 0) is 9.47 Å². The Kier molecular flexibility index (Phi) is 2.01. The summed E-state index contributed by atoms with van der Waals surface area (Å²) >= 11 is 0. The van der Waals surface area contributed by atoms with Gasteiger partial charge in [0.05, 0.1) is 12.2 Å². The Balaban J connectivity index is 2.55. The molecule has 0 aromatic carbocycles. The van der Waals surface area contributed by atoms with Gasteiger partial charge in [0.1, 0.15) is 0 Å². The molecule has 1 rings (SSSR count). The number of hydrogen-bond donors (Lipinski definition) is 0. The lowest BCUT2D eigenvalue weighted by Crippen LogP contribution is -2.30. The first kappa shape index (κ1) is 9.01. The van der Waals surface area contributed by atoms with Gasteiger partial charge >= 0.3 is 0 Å². The van der Waals surface area contributed by atoms with Gasteiger partial charge in [-0.1, -0.05) is 20.8 Å². The fourth-order valence-electron chi connectivity index (χ4n) is 1.06. The van der Waals surface area contributed by atoms with Gasteiger partial charge in [-0.05, 0) is 13.8 Å². The van der Waals surface area contributed by atoms with Crippen LogP contribution in [0.2, 0.25) is 0 Å². The van der Waals surface area contributed by atoms with Crippen molar-refractivity contribution < 1.29 is 9.47 Å². The molecule has 66 valence electrons. The van der Waals surface area contributed by atoms with E-state index in [4.69, 9.17) is 9.47 Å². The van der Waals surface area contributed by atoms with Crippen LogP contribution in [0.25, 0.3) is 0 Å². The molecule has 1 unspecified atom stereocenters. The second kappa shape index (κ2) is 2.46. The number of rotatable bonds is 0. The van der Waals surface area contributed by atoms with Crippen molar-refractivity contribution in [3.8, 4) is 0 Å². The summed E-state index contributed by atoms with van der Waals surface area (Å²) in [7, 11) is 0. The summed E-state index contributed by atoms with van der Waals surface area (Å²) in [5.41, 5.74) is -0.00822. The Hall–Kier alpha value is -0.0800. The first-order valence-corrected chi connectivity index (χ1v) is 4.11. The molecule has 0 bridgehead atoms. The largest absolute Gasteiger partial charge is 0.349 e. The lowest BCUT2D eigenvalue weighted by atomic mass is 9.96. The molecule has 0 aromatic rings. The molecule has 0 N–H and O–H groups in total. The van der Waals surface area contributed by atoms with E-state index in [-0.39, 0.29) is 17.3 Å². The molecular formula is C9H18O2. The molecule has 1 aliphatic heterocycles. The maximum Gasteiger partial charge on any atom is 0.163 e. The van der Waals surface area contributed by atoms with Crippen molar-refractivity contribution in [2.24, 2.45) is 5.41 Å². The van der Waals surface area contributed by atoms with Crippen LogP contribution in [-0.4, -0.2) is 18.5 Å². The summed E-state index contributed by atoms with van der Waals surface area (Å²) in [5.74, 6) is 0. The van der Waals surface area contributed by atoms with Crippen LogP contribution in [0.1, 0.15) is 34.6 Å². The van der Waals surface area contributed by atoms with Gasteiger partial charge in [0.25, 0.3) is 0 Å². The van der Waals surface area contributed by atoms with Gasteiger partial charge < -0.3 is 9.47 Å². The van der Waals surface area contributed by atoms with E-state index in [0.717, 1.165) is 0 Å². The molecule has 0 aliphatic carbocycles. The summed E-state index contributed by atoms with van der Waals surface area (Å²) in [4.78, 5) is 0. The number of hydrogen-bond acceptors (Lipinski definition) is 2. The minimum atomic E-state index is -0.0993. The van der Waals surface area contributed by atoms with E-state index in [1.807, 2.05) is 0 Å². The standard InChI is InChI=1S/C9H18O2/c1-8(2,3)7-10-6-9(4,5)11-7/h7H,6H2,1-5H3. The Bertz CT molecular complexity index is 144. The molecule has 1 fully saturated rings. The lowest BCUT2D eigenvalue weighted by Gasteiger charge is -2.26. The maximum atomic E-state index is 5.69. The van der Waals surface area contributed by atoms with Crippen LogP contribution < -0.4 is 0 Å². The van der Waals surface area contributed by atoms with Crippen LogP contribution in [0, 0.1) is 5.41 Å². The predicted molar refractivity (Wildman–Crippen MR) is 44.4 cm³/mol. The summed E-state index contributed by atoms with van der Waals surface area (Å²) in [5, 5.41) is 0. The highest BCUT2D eigenvalue weighted by Crippen LogP contribution is 2.33. The maximum absolute atomic E-state index is 5.69. The molecule has 11 heavy (non-hydrogen) atoms. The average molecular weight is 158 g/mol. The lowest BCUT2D eigenvalue weighted by molar-refractivity contribution is -0.138. The highest BCUT2D eigenvalue weighted by atomic mass is 16.7. The van der Waals surface area contributed by atoms with E-state index < -0.39 is 0 Å². The zero-order valence-corrected chi connectivity index (χ0v) is 8.10. The second-order valence-electron chi connectivity index (χ2n) is 4.89. The Labute approximate surface area is 68.9 Å². The fourth-order valence-corrected chi connectivity index (χ4v) is 1.06. The van der Waals surface area contributed by atoms with Gasteiger partial charge in [-0.2, -0.15) is 0 Å². The topological polar surface area (TPSA) is 18.5 Å². The summed E-state index contributed by atoms with van der Waals surface area (Å²) in [6, 6.07) is 0. The molecule has 0 saturated carbocycles. The third-order valence-corrected chi connectivity index (χ3v) is 1.72. The van der Waals surface area contributed by atoms with Crippen LogP contribution in [0.3, 0.4) is 0 Å². The van der Waals surface area contributed by atoms with E-state index in [2.05, 4.69) is 34.6 Å². The van der Waals surface area contributed by atoms with Crippen molar-refractivity contribution in [1.82, 2.24) is 0 Å². The van der Waals surface area contributed by atoms with Gasteiger partial charge in [-0.3, -0.25) is 0 Å². The van der Waals surface area contributed by atoms with E-state index in [9.17, 15) is 0 Å². The molecule has 1 heterocycles. The van der Waals surface area contributed by atoms with Crippen molar-refractivity contribution in [2.75, 3.05) is 6.61 Å². The highest BCUT2D eigenvalue weighted by Gasteiger charge is 2.39. The third-order valence-electron chi connectivity index (χ3n) is 1.72. The summed E-state index contributed by atoms with van der Waals surface area (Å²) < 4.78 is 11.2. The SMILES string of the molecule is CC1(C)COC(C(C)(C)C)O1. The minimum Gasteiger partial charge on any atom is -0.349 e. The molecule has 2 heteroatoms. The predicted octanol–water partition coefficient (Wildman–Crippen LogP) is 2.18. The first-order chi connectivity index (χ1) is 4.81. The van der Waals surface area contributed by atoms with Crippen molar-refractivity contribution in [1.29, 1.82) is 0 Å². The molecule has 0 amide bonds. The van der Waals surface area contributed by atoms with E-state index in [1.165, 1.54) is 0 Å². The van der Waals surface area contributed by atoms with Gasteiger partial charge in [-0.15, -0.1) is 0 Å². The monoisotopic (exact) mass is 158 g/mol. The first-order valence-electron chi connectivity index (χ1n) is 4.11. The Morgan fingerprint density at radius 3 is 2.00 bits per heavy atom. The van der Waals surface area contributed by atoms with Gasteiger partial charge in [0, 0.05) is 5.41 Å². The fraction of sp³-hybridized carbons (Fsp3) is 1.00. The second-order valence-corrected chi connectivity index (χ2v) is 4.89. The van der Waals surface area contributed by atoms with E-state index in [1.54, 1.807) is 0 Å². The molecule has 0 aromatic heterocycles. The molecule has 0 spiro atoms. The summed E-state index contributed by atoms with van der Waals surface area (Å²) in [6.45, 7) is 11.2.